The molecule has 0 fully saturated rings. The zero-order valence-electron chi connectivity index (χ0n) is 12.0. The number of methoxy groups -OCH3 is 1. The van der Waals surface area contributed by atoms with E-state index >= 15 is 0 Å². The van der Waals surface area contributed by atoms with Gasteiger partial charge in [-0.25, -0.2) is 0 Å². The molecule has 1 heterocycles. The van der Waals surface area contributed by atoms with E-state index in [0.717, 1.165) is 5.76 Å². The molecule has 0 spiro atoms. The first kappa shape index (κ1) is 16.2. The third-order valence-corrected chi connectivity index (χ3v) is 2.90. The van der Waals surface area contributed by atoms with E-state index in [1.165, 1.54) is 0 Å². The summed E-state index contributed by atoms with van der Waals surface area (Å²) in [7, 11) is 1.68. The van der Waals surface area contributed by atoms with Gasteiger partial charge in [0.05, 0.1) is 25.6 Å². The average Bonchev–Trinajstić information content (AvgIpc) is 2.87. The van der Waals surface area contributed by atoms with Gasteiger partial charge in [-0.15, -0.1) is 0 Å². The van der Waals surface area contributed by atoms with Gasteiger partial charge in [-0.3, -0.25) is 0 Å². The van der Waals surface area contributed by atoms with Crippen LogP contribution in [-0.2, 0) is 16.1 Å². The van der Waals surface area contributed by atoms with Crippen LogP contribution in [0.3, 0.4) is 0 Å². The molecule has 1 aromatic heterocycles. The summed E-state index contributed by atoms with van der Waals surface area (Å²) < 4.78 is 15.7. The lowest BCUT2D eigenvalue weighted by Crippen LogP contribution is -2.42. The van der Waals surface area contributed by atoms with Gasteiger partial charge in [0.15, 0.2) is 0 Å². The quantitative estimate of drug-likeness (QED) is 0.674. The summed E-state index contributed by atoms with van der Waals surface area (Å²) in [6.07, 6.45) is 1.07. The van der Waals surface area contributed by atoms with Crippen molar-refractivity contribution < 1.29 is 19.0 Å². The predicted octanol–water partition coefficient (Wildman–Crippen LogP) is 1.42. The second-order valence-corrected chi connectivity index (χ2v) is 4.96. The Balaban J connectivity index is 2.14. The van der Waals surface area contributed by atoms with Crippen molar-refractivity contribution in [1.82, 2.24) is 5.32 Å². The second-order valence-electron chi connectivity index (χ2n) is 4.96. The summed E-state index contributed by atoms with van der Waals surface area (Å²) >= 11 is 0. The first-order chi connectivity index (χ1) is 9.13. The summed E-state index contributed by atoms with van der Waals surface area (Å²) in [5.41, 5.74) is 0. The van der Waals surface area contributed by atoms with E-state index in [-0.39, 0.29) is 12.6 Å². The molecule has 5 nitrogen and oxygen atoms in total. The average molecular weight is 271 g/mol. The van der Waals surface area contributed by atoms with Crippen molar-refractivity contribution in [2.75, 3.05) is 26.9 Å². The molecule has 1 rings (SSSR count). The number of furan rings is 1. The zero-order chi connectivity index (χ0) is 14.1. The molecule has 0 saturated heterocycles. The summed E-state index contributed by atoms with van der Waals surface area (Å²) in [5.74, 6) is 1.22. The minimum atomic E-state index is -0.534. The molecular formula is C14H25NO4. The molecule has 2 N–H and O–H groups in total. The van der Waals surface area contributed by atoms with E-state index in [1.807, 2.05) is 12.1 Å². The number of ether oxygens (including phenoxy) is 2. The van der Waals surface area contributed by atoms with Gasteiger partial charge in [-0.1, -0.05) is 13.8 Å². The number of hydrogen-bond acceptors (Lipinski definition) is 5. The highest BCUT2D eigenvalue weighted by Gasteiger charge is 2.14. The molecule has 5 heteroatoms. The Morgan fingerprint density at radius 1 is 1.37 bits per heavy atom. The summed E-state index contributed by atoms with van der Waals surface area (Å²) in [5, 5.41) is 13.1. The number of aliphatic hydroxyl groups excluding tert-OH is 1. The molecule has 0 radical (unpaired) electrons. The standard InChI is InChI=1S/C14H25NO4/c1-11(2)14(10-17-3)15-7-12(16)8-18-9-13-5-4-6-19-13/h4-6,11-12,14-16H,7-10H2,1-3H3. The van der Waals surface area contributed by atoms with Crippen molar-refractivity contribution in [3.8, 4) is 0 Å². The van der Waals surface area contributed by atoms with Gasteiger partial charge in [0.25, 0.3) is 0 Å². The van der Waals surface area contributed by atoms with Crippen molar-refractivity contribution in [3.63, 3.8) is 0 Å². The van der Waals surface area contributed by atoms with Gasteiger partial charge in [0, 0.05) is 19.7 Å². The van der Waals surface area contributed by atoms with E-state index in [1.54, 1.807) is 13.4 Å². The summed E-state index contributed by atoms with van der Waals surface area (Å²) in [6.45, 7) is 6.04. The molecule has 0 aliphatic rings. The predicted molar refractivity (Wildman–Crippen MR) is 72.9 cm³/mol. The van der Waals surface area contributed by atoms with E-state index in [9.17, 15) is 5.11 Å². The van der Waals surface area contributed by atoms with Gasteiger partial charge in [-0.2, -0.15) is 0 Å². The molecular weight excluding hydrogens is 246 g/mol. The molecule has 0 aliphatic carbocycles. The normalized spacial score (nSPS) is 14.8. The maximum Gasteiger partial charge on any atom is 0.129 e. The van der Waals surface area contributed by atoms with Crippen LogP contribution in [0.25, 0.3) is 0 Å². The van der Waals surface area contributed by atoms with Gasteiger partial charge in [0.1, 0.15) is 12.4 Å². The second kappa shape index (κ2) is 9.09. The van der Waals surface area contributed by atoms with Crippen LogP contribution in [0.15, 0.2) is 22.8 Å². The molecule has 19 heavy (non-hydrogen) atoms. The Hall–Kier alpha value is -0.880. The van der Waals surface area contributed by atoms with Crippen LogP contribution in [0.1, 0.15) is 19.6 Å². The Labute approximate surface area is 114 Å². The highest BCUT2D eigenvalue weighted by molar-refractivity contribution is 4.96. The van der Waals surface area contributed by atoms with E-state index < -0.39 is 6.10 Å². The fourth-order valence-electron chi connectivity index (χ4n) is 1.70. The minimum absolute atomic E-state index is 0.240. The molecule has 1 aromatic rings. The monoisotopic (exact) mass is 271 g/mol. The first-order valence-electron chi connectivity index (χ1n) is 6.64. The molecule has 2 unspecified atom stereocenters. The van der Waals surface area contributed by atoms with Crippen LogP contribution in [0.4, 0.5) is 0 Å². The molecule has 0 saturated carbocycles. The van der Waals surface area contributed by atoms with Crippen LogP contribution < -0.4 is 5.32 Å². The highest BCUT2D eigenvalue weighted by Crippen LogP contribution is 2.03. The van der Waals surface area contributed by atoms with Crippen molar-refractivity contribution >= 4 is 0 Å². The van der Waals surface area contributed by atoms with E-state index in [0.29, 0.717) is 25.7 Å². The largest absolute Gasteiger partial charge is 0.467 e. The topological polar surface area (TPSA) is 63.9 Å². The van der Waals surface area contributed by atoms with E-state index in [4.69, 9.17) is 13.9 Å². The van der Waals surface area contributed by atoms with E-state index in [2.05, 4.69) is 19.2 Å². The van der Waals surface area contributed by atoms with Crippen molar-refractivity contribution in [2.45, 2.75) is 32.6 Å². The van der Waals surface area contributed by atoms with Crippen molar-refractivity contribution in [3.05, 3.63) is 24.2 Å². The third kappa shape index (κ3) is 6.73. The van der Waals surface area contributed by atoms with Gasteiger partial charge in [-0.05, 0) is 18.1 Å². The Morgan fingerprint density at radius 2 is 2.16 bits per heavy atom. The van der Waals surface area contributed by atoms with Crippen LogP contribution >= 0.6 is 0 Å². The Bertz CT molecular complexity index is 313. The maximum absolute atomic E-state index is 9.82. The Morgan fingerprint density at radius 3 is 2.74 bits per heavy atom. The van der Waals surface area contributed by atoms with Crippen LogP contribution in [0, 0.1) is 5.92 Å². The van der Waals surface area contributed by atoms with Gasteiger partial charge < -0.3 is 24.3 Å². The number of rotatable bonds is 10. The molecule has 0 aliphatic heterocycles. The van der Waals surface area contributed by atoms with Crippen molar-refractivity contribution in [1.29, 1.82) is 0 Å². The zero-order valence-corrected chi connectivity index (χ0v) is 12.0. The van der Waals surface area contributed by atoms with Crippen LogP contribution in [0.5, 0.6) is 0 Å². The lowest BCUT2D eigenvalue weighted by molar-refractivity contribution is 0.0189. The minimum Gasteiger partial charge on any atom is -0.467 e. The molecule has 2 atom stereocenters. The lowest BCUT2D eigenvalue weighted by atomic mass is 10.1. The molecule has 0 amide bonds. The third-order valence-electron chi connectivity index (χ3n) is 2.90. The Kier molecular flexibility index (Phi) is 7.74. The lowest BCUT2D eigenvalue weighted by Gasteiger charge is -2.23. The molecule has 0 bridgehead atoms. The number of hydrogen-bond donors (Lipinski definition) is 2. The summed E-state index contributed by atoms with van der Waals surface area (Å²) in [4.78, 5) is 0. The smallest absolute Gasteiger partial charge is 0.129 e. The van der Waals surface area contributed by atoms with Crippen molar-refractivity contribution in [2.24, 2.45) is 5.92 Å². The fraction of sp³-hybridized carbons (Fsp3) is 0.714. The molecule has 110 valence electrons. The number of nitrogens with one attached hydrogen (secondary N) is 1. The van der Waals surface area contributed by atoms with Crippen LogP contribution in [-0.4, -0.2) is 44.1 Å². The van der Waals surface area contributed by atoms with Gasteiger partial charge in [0.2, 0.25) is 0 Å². The fourth-order valence-corrected chi connectivity index (χ4v) is 1.70. The highest BCUT2D eigenvalue weighted by atomic mass is 16.5. The summed E-state index contributed by atoms with van der Waals surface area (Å²) in [6, 6.07) is 3.90. The SMILES string of the molecule is COCC(NCC(O)COCc1ccco1)C(C)C. The maximum atomic E-state index is 9.82. The first-order valence-corrected chi connectivity index (χ1v) is 6.64. The van der Waals surface area contributed by atoms with Gasteiger partial charge >= 0.3 is 0 Å². The molecule has 0 aromatic carbocycles. The number of aliphatic hydroxyl groups is 1. The van der Waals surface area contributed by atoms with Crippen LogP contribution in [0.2, 0.25) is 0 Å².